The third-order valence-corrected chi connectivity index (χ3v) is 4.33. The van der Waals surface area contributed by atoms with Gasteiger partial charge in [-0.2, -0.15) is 5.10 Å². The van der Waals surface area contributed by atoms with Crippen LogP contribution in [0.2, 0.25) is 0 Å². The largest absolute Gasteiger partial charge is 0.321 e. The molecule has 7 nitrogen and oxygen atoms in total. The van der Waals surface area contributed by atoms with Crippen molar-refractivity contribution in [3.8, 4) is 0 Å². The highest BCUT2D eigenvalue weighted by molar-refractivity contribution is 6.07. The first kappa shape index (κ1) is 16.0. The normalized spacial score (nSPS) is 12.7. The summed E-state index contributed by atoms with van der Waals surface area (Å²) >= 11 is 0. The van der Waals surface area contributed by atoms with Crippen molar-refractivity contribution < 1.29 is 9.59 Å². The molecular formula is C19H17N5O2. The van der Waals surface area contributed by atoms with Crippen molar-refractivity contribution in [1.82, 2.24) is 15.2 Å². The number of nitrogens with one attached hydrogen (secondary N) is 2. The van der Waals surface area contributed by atoms with Crippen LogP contribution in [0, 0.1) is 6.92 Å². The summed E-state index contributed by atoms with van der Waals surface area (Å²) in [6.07, 6.45) is 3.96. The van der Waals surface area contributed by atoms with E-state index < -0.39 is 0 Å². The Balaban J connectivity index is 1.53. The molecule has 0 atom stereocenters. The number of carbonyl (C=O) groups excluding carboxylic acids is 2. The fraction of sp³-hybridized carbons (Fsp3) is 0.158. The molecule has 2 N–H and O–H groups in total. The summed E-state index contributed by atoms with van der Waals surface area (Å²) < 4.78 is 0. The van der Waals surface area contributed by atoms with E-state index in [2.05, 4.69) is 20.5 Å². The smallest absolute Gasteiger partial charge is 0.276 e. The van der Waals surface area contributed by atoms with Crippen molar-refractivity contribution in [3.05, 3.63) is 71.3 Å². The molecule has 0 spiro atoms. The lowest BCUT2D eigenvalue weighted by atomic mass is 10.1. The Morgan fingerprint density at radius 3 is 2.85 bits per heavy atom. The Labute approximate surface area is 150 Å². The molecule has 4 rings (SSSR count). The standard InChI is InChI=1S/C19H17N5O2/c1-12-9-16(23-22-12)18(25)21-15-4-5-17-13(10-15)6-8-24(17)19(26)14-3-2-7-20-11-14/h2-5,7,9-11H,6,8H2,1H3,(H,21,25)(H,22,23). The van der Waals surface area contributed by atoms with Gasteiger partial charge in [-0.3, -0.25) is 19.7 Å². The van der Waals surface area contributed by atoms with E-state index in [4.69, 9.17) is 0 Å². The van der Waals surface area contributed by atoms with Gasteiger partial charge in [0.2, 0.25) is 0 Å². The minimum absolute atomic E-state index is 0.0689. The van der Waals surface area contributed by atoms with Gasteiger partial charge in [-0.15, -0.1) is 0 Å². The summed E-state index contributed by atoms with van der Waals surface area (Å²) in [5, 5.41) is 9.55. The zero-order valence-corrected chi connectivity index (χ0v) is 14.2. The van der Waals surface area contributed by atoms with Gasteiger partial charge in [0.25, 0.3) is 11.8 Å². The first-order valence-corrected chi connectivity index (χ1v) is 8.30. The van der Waals surface area contributed by atoms with E-state index in [0.717, 1.165) is 23.4 Å². The van der Waals surface area contributed by atoms with Crippen LogP contribution in [0.25, 0.3) is 0 Å². The molecule has 1 aromatic carbocycles. The fourth-order valence-electron chi connectivity index (χ4n) is 3.07. The molecule has 0 unspecified atom stereocenters. The number of rotatable bonds is 3. The van der Waals surface area contributed by atoms with E-state index in [1.807, 2.05) is 19.1 Å². The third-order valence-electron chi connectivity index (χ3n) is 4.33. The molecule has 0 aliphatic carbocycles. The molecule has 2 aromatic heterocycles. The lowest BCUT2D eigenvalue weighted by Crippen LogP contribution is -2.28. The van der Waals surface area contributed by atoms with Crippen LogP contribution in [0.15, 0.2) is 48.8 Å². The molecule has 0 radical (unpaired) electrons. The number of hydrogen-bond donors (Lipinski definition) is 2. The van der Waals surface area contributed by atoms with Gasteiger partial charge in [-0.25, -0.2) is 0 Å². The molecule has 1 aliphatic heterocycles. The highest BCUT2D eigenvalue weighted by atomic mass is 16.2. The van der Waals surface area contributed by atoms with Gasteiger partial charge >= 0.3 is 0 Å². The molecule has 0 saturated carbocycles. The summed E-state index contributed by atoms with van der Waals surface area (Å²) in [4.78, 5) is 30.6. The van der Waals surface area contributed by atoms with Crippen molar-refractivity contribution in [2.75, 3.05) is 16.8 Å². The fourth-order valence-corrected chi connectivity index (χ4v) is 3.07. The number of anilines is 2. The van der Waals surface area contributed by atoms with Crippen LogP contribution >= 0.6 is 0 Å². The number of pyridine rings is 1. The van der Waals surface area contributed by atoms with Crippen LogP contribution in [0.4, 0.5) is 11.4 Å². The minimum atomic E-state index is -0.268. The number of fused-ring (bicyclic) bond motifs is 1. The van der Waals surface area contributed by atoms with Crippen LogP contribution in [-0.4, -0.2) is 33.5 Å². The van der Waals surface area contributed by atoms with Crippen molar-refractivity contribution in [1.29, 1.82) is 0 Å². The van der Waals surface area contributed by atoms with Gasteiger partial charge in [-0.1, -0.05) is 0 Å². The van der Waals surface area contributed by atoms with E-state index in [1.54, 1.807) is 41.6 Å². The Bertz CT molecular complexity index is 981. The SMILES string of the molecule is Cc1cc(C(=O)Nc2ccc3c(c2)CCN3C(=O)c2cccnc2)n[nH]1. The van der Waals surface area contributed by atoms with Gasteiger partial charge in [0.05, 0.1) is 5.56 Å². The monoisotopic (exact) mass is 347 g/mol. The number of amides is 2. The Kier molecular flexibility index (Phi) is 3.96. The van der Waals surface area contributed by atoms with Crippen LogP contribution < -0.4 is 10.2 Å². The molecule has 26 heavy (non-hydrogen) atoms. The van der Waals surface area contributed by atoms with Crippen LogP contribution in [0.5, 0.6) is 0 Å². The predicted molar refractivity (Wildman–Crippen MR) is 97.3 cm³/mol. The third kappa shape index (κ3) is 2.95. The number of H-pyrrole nitrogens is 1. The molecule has 7 heteroatoms. The average molecular weight is 347 g/mol. The van der Waals surface area contributed by atoms with Crippen LogP contribution in [0.3, 0.4) is 0 Å². The van der Waals surface area contributed by atoms with Crippen molar-refractivity contribution in [2.45, 2.75) is 13.3 Å². The van der Waals surface area contributed by atoms with Gasteiger partial charge in [-0.05, 0) is 55.3 Å². The second-order valence-electron chi connectivity index (χ2n) is 6.18. The molecule has 0 bridgehead atoms. The number of carbonyl (C=O) groups is 2. The first-order chi connectivity index (χ1) is 12.6. The second kappa shape index (κ2) is 6.44. The predicted octanol–water partition coefficient (Wildman–Crippen LogP) is 2.57. The molecule has 130 valence electrons. The molecular weight excluding hydrogens is 330 g/mol. The number of aromatic nitrogens is 3. The van der Waals surface area contributed by atoms with Crippen molar-refractivity contribution in [2.24, 2.45) is 0 Å². The number of aryl methyl sites for hydroxylation is 1. The highest BCUT2D eigenvalue weighted by Gasteiger charge is 2.26. The Morgan fingerprint density at radius 1 is 1.23 bits per heavy atom. The number of benzene rings is 1. The summed E-state index contributed by atoms with van der Waals surface area (Å²) in [6.45, 7) is 2.45. The second-order valence-corrected chi connectivity index (χ2v) is 6.18. The maximum atomic E-state index is 12.7. The zero-order chi connectivity index (χ0) is 18.1. The van der Waals surface area contributed by atoms with Crippen molar-refractivity contribution in [3.63, 3.8) is 0 Å². The Hall–Kier alpha value is -3.48. The van der Waals surface area contributed by atoms with Crippen LogP contribution in [-0.2, 0) is 6.42 Å². The topological polar surface area (TPSA) is 91.0 Å². The van der Waals surface area contributed by atoms with Gasteiger partial charge in [0.1, 0.15) is 0 Å². The van der Waals surface area contributed by atoms with E-state index in [9.17, 15) is 9.59 Å². The summed E-state index contributed by atoms with van der Waals surface area (Å²) in [5.74, 6) is -0.337. The van der Waals surface area contributed by atoms with Gasteiger partial charge in [0, 0.05) is 36.0 Å². The van der Waals surface area contributed by atoms with Crippen LogP contribution in [0.1, 0.15) is 32.1 Å². The summed E-state index contributed by atoms with van der Waals surface area (Å²) in [6, 6.07) is 10.8. The Morgan fingerprint density at radius 2 is 2.12 bits per heavy atom. The van der Waals surface area contributed by atoms with E-state index in [0.29, 0.717) is 23.5 Å². The minimum Gasteiger partial charge on any atom is -0.321 e. The number of hydrogen-bond acceptors (Lipinski definition) is 4. The molecule has 3 heterocycles. The van der Waals surface area contributed by atoms with E-state index >= 15 is 0 Å². The maximum absolute atomic E-state index is 12.7. The summed E-state index contributed by atoms with van der Waals surface area (Å²) in [7, 11) is 0. The molecule has 0 saturated heterocycles. The number of aromatic amines is 1. The first-order valence-electron chi connectivity index (χ1n) is 8.30. The van der Waals surface area contributed by atoms with Gasteiger partial charge < -0.3 is 10.2 Å². The van der Waals surface area contributed by atoms with E-state index in [1.165, 1.54) is 0 Å². The molecule has 0 fully saturated rings. The number of nitrogens with zero attached hydrogens (tertiary/aromatic N) is 3. The zero-order valence-electron chi connectivity index (χ0n) is 14.2. The molecule has 1 aliphatic rings. The van der Waals surface area contributed by atoms with Gasteiger partial charge in [0.15, 0.2) is 5.69 Å². The quantitative estimate of drug-likeness (QED) is 0.762. The highest BCUT2D eigenvalue weighted by Crippen LogP contribution is 2.31. The lowest BCUT2D eigenvalue weighted by molar-refractivity contribution is 0.0987. The maximum Gasteiger partial charge on any atom is 0.276 e. The average Bonchev–Trinajstić information content (AvgIpc) is 3.28. The van der Waals surface area contributed by atoms with Crippen molar-refractivity contribution >= 4 is 23.2 Å². The lowest BCUT2D eigenvalue weighted by Gasteiger charge is -2.17. The van der Waals surface area contributed by atoms with E-state index in [-0.39, 0.29) is 11.8 Å². The molecule has 3 aromatic rings. The summed E-state index contributed by atoms with van der Waals surface area (Å²) in [5.41, 5.74) is 4.31. The molecule has 2 amide bonds.